The van der Waals surface area contributed by atoms with Gasteiger partial charge in [0.2, 0.25) is 0 Å². The molecule has 3 N–H and O–H groups in total. The minimum Gasteiger partial charge on any atom is -0.391 e. The largest absolute Gasteiger partial charge is 0.391 e. The molecule has 112 valence electrons. The minimum atomic E-state index is -0.427. The predicted molar refractivity (Wildman–Crippen MR) is 81.2 cm³/mol. The van der Waals surface area contributed by atoms with Gasteiger partial charge in [0, 0.05) is 26.2 Å². The number of thiazole rings is 1. The summed E-state index contributed by atoms with van der Waals surface area (Å²) in [5, 5.41) is 10.5. The second-order valence-corrected chi connectivity index (χ2v) is 5.91. The summed E-state index contributed by atoms with van der Waals surface area (Å²) >= 11 is 1.34. The highest BCUT2D eigenvalue weighted by molar-refractivity contribution is 7.18. The number of nitrogen functional groups attached to an aromatic ring is 1. The van der Waals surface area contributed by atoms with E-state index in [1.165, 1.54) is 11.3 Å². The normalized spacial score (nSPS) is 19.1. The Kier molecular flexibility index (Phi) is 4.82. The quantitative estimate of drug-likeness (QED) is 0.872. The van der Waals surface area contributed by atoms with Crippen LogP contribution in [0.1, 0.15) is 36.4 Å². The number of likely N-dealkylation sites (tertiary alicyclic amines) is 1. The predicted octanol–water partition coefficient (Wildman–Crippen LogP) is 1.17. The number of anilines is 2. The molecule has 1 fully saturated rings. The summed E-state index contributed by atoms with van der Waals surface area (Å²) < 4.78 is 0. The first-order valence-electron chi connectivity index (χ1n) is 7.05. The Bertz CT molecular complexity index is 473. The maximum absolute atomic E-state index is 12.5. The Morgan fingerprint density at radius 3 is 2.85 bits per heavy atom. The molecule has 1 atom stereocenters. The Labute approximate surface area is 123 Å². The Hall–Kier alpha value is -1.34. The summed E-state index contributed by atoms with van der Waals surface area (Å²) in [6.07, 6.45) is 1.16. The second-order valence-electron chi connectivity index (χ2n) is 4.93. The van der Waals surface area contributed by atoms with E-state index >= 15 is 0 Å². The van der Waals surface area contributed by atoms with Crippen molar-refractivity contribution in [2.24, 2.45) is 0 Å². The molecule has 0 radical (unpaired) electrons. The molecule has 1 unspecified atom stereocenters. The number of nitrogens with two attached hydrogens (primary N) is 1. The molecule has 0 bridgehead atoms. The first-order valence-corrected chi connectivity index (χ1v) is 7.87. The van der Waals surface area contributed by atoms with E-state index in [9.17, 15) is 9.90 Å². The number of piperidine rings is 1. The Morgan fingerprint density at radius 1 is 1.55 bits per heavy atom. The van der Waals surface area contributed by atoms with Gasteiger partial charge in [-0.2, -0.15) is 0 Å². The van der Waals surface area contributed by atoms with Crippen LogP contribution < -0.4 is 10.6 Å². The molecule has 1 saturated heterocycles. The molecule has 1 aliphatic rings. The first-order chi connectivity index (χ1) is 9.56. The van der Waals surface area contributed by atoms with Gasteiger partial charge < -0.3 is 20.6 Å². The molecule has 20 heavy (non-hydrogen) atoms. The van der Waals surface area contributed by atoms with Gasteiger partial charge in [-0.3, -0.25) is 4.79 Å². The van der Waals surface area contributed by atoms with Gasteiger partial charge in [-0.05, 0) is 26.7 Å². The van der Waals surface area contributed by atoms with Gasteiger partial charge in [0.1, 0.15) is 10.7 Å². The highest BCUT2D eigenvalue weighted by atomic mass is 32.1. The van der Waals surface area contributed by atoms with E-state index in [0.717, 1.165) is 31.1 Å². The van der Waals surface area contributed by atoms with Crippen LogP contribution in [0.3, 0.4) is 0 Å². The average Bonchev–Trinajstić information content (AvgIpc) is 2.81. The molecule has 0 aliphatic carbocycles. The van der Waals surface area contributed by atoms with Crippen LogP contribution in [0.4, 0.5) is 10.9 Å². The standard InChI is InChI=1S/C13H22N4O2S/c1-3-16(4-2)13-15-11(14)10(20-13)12(19)17-7-5-6-9(18)8-17/h9,18H,3-8,14H2,1-2H3. The second kappa shape index (κ2) is 6.41. The van der Waals surface area contributed by atoms with Crippen molar-refractivity contribution in [1.29, 1.82) is 0 Å². The molecule has 0 spiro atoms. The van der Waals surface area contributed by atoms with E-state index in [4.69, 9.17) is 5.73 Å². The topological polar surface area (TPSA) is 82.7 Å². The van der Waals surface area contributed by atoms with E-state index in [1.54, 1.807) is 4.90 Å². The van der Waals surface area contributed by atoms with Crippen LogP contribution in [0.15, 0.2) is 0 Å². The van der Waals surface area contributed by atoms with E-state index in [0.29, 0.717) is 23.8 Å². The summed E-state index contributed by atoms with van der Waals surface area (Å²) in [6.45, 7) is 6.82. The van der Waals surface area contributed by atoms with Gasteiger partial charge in [0.05, 0.1) is 6.10 Å². The first kappa shape index (κ1) is 15.1. The van der Waals surface area contributed by atoms with E-state index in [2.05, 4.69) is 9.88 Å². The van der Waals surface area contributed by atoms with Gasteiger partial charge in [-0.25, -0.2) is 4.98 Å². The number of hydrogen-bond acceptors (Lipinski definition) is 6. The number of aliphatic hydroxyl groups is 1. The zero-order valence-corrected chi connectivity index (χ0v) is 12.8. The van der Waals surface area contributed by atoms with E-state index in [1.807, 2.05) is 13.8 Å². The van der Waals surface area contributed by atoms with Crippen LogP contribution in [-0.4, -0.2) is 53.2 Å². The summed E-state index contributed by atoms with van der Waals surface area (Å²) in [5.74, 6) is 0.180. The molecule has 6 nitrogen and oxygen atoms in total. The Morgan fingerprint density at radius 2 is 2.25 bits per heavy atom. The van der Waals surface area contributed by atoms with Crippen molar-refractivity contribution in [3.8, 4) is 0 Å². The molecular formula is C13H22N4O2S. The fraction of sp³-hybridized carbons (Fsp3) is 0.692. The highest BCUT2D eigenvalue weighted by Gasteiger charge is 2.27. The summed E-state index contributed by atoms with van der Waals surface area (Å²) in [5.41, 5.74) is 5.89. The Balaban J connectivity index is 2.17. The van der Waals surface area contributed by atoms with Crippen molar-refractivity contribution in [2.75, 3.05) is 36.8 Å². The molecule has 1 amide bonds. The van der Waals surface area contributed by atoms with Crippen LogP contribution >= 0.6 is 11.3 Å². The van der Waals surface area contributed by atoms with Crippen LogP contribution in [0.5, 0.6) is 0 Å². The highest BCUT2D eigenvalue weighted by Crippen LogP contribution is 2.29. The van der Waals surface area contributed by atoms with Crippen LogP contribution in [-0.2, 0) is 0 Å². The van der Waals surface area contributed by atoms with Gasteiger partial charge >= 0.3 is 0 Å². The molecular weight excluding hydrogens is 276 g/mol. The molecule has 1 aromatic rings. The van der Waals surface area contributed by atoms with E-state index < -0.39 is 6.10 Å². The molecule has 0 saturated carbocycles. The van der Waals surface area contributed by atoms with E-state index in [-0.39, 0.29) is 5.91 Å². The van der Waals surface area contributed by atoms with Crippen LogP contribution in [0, 0.1) is 0 Å². The van der Waals surface area contributed by atoms with Crippen molar-refractivity contribution in [3.63, 3.8) is 0 Å². The lowest BCUT2D eigenvalue weighted by molar-refractivity contribution is 0.0478. The van der Waals surface area contributed by atoms with Gasteiger partial charge in [0.15, 0.2) is 5.13 Å². The number of nitrogens with zero attached hydrogens (tertiary/aromatic N) is 3. The summed E-state index contributed by atoms with van der Waals surface area (Å²) in [6, 6.07) is 0. The number of β-amino-alcohol motifs (C(OH)–C–C–N with tert-alkyl or cyclic N) is 1. The lowest BCUT2D eigenvalue weighted by Crippen LogP contribution is -2.42. The minimum absolute atomic E-state index is 0.114. The summed E-state index contributed by atoms with van der Waals surface area (Å²) in [7, 11) is 0. The number of amides is 1. The van der Waals surface area contributed by atoms with Crippen molar-refractivity contribution in [1.82, 2.24) is 9.88 Å². The maximum Gasteiger partial charge on any atom is 0.267 e. The SMILES string of the molecule is CCN(CC)c1nc(N)c(C(=O)N2CCCC(O)C2)s1. The van der Waals surface area contributed by atoms with Crippen molar-refractivity contribution in [2.45, 2.75) is 32.8 Å². The van der Waals surface area contributed by atoms with Crippen LogP contribution in [0.25, 0.3) is 0 Å². The average molecular weight is 298 g/mol. The van der Waals surface area contributed by atoms with Crippen molar-refractivity contribution >= 4 is 28.2 Å². The van der Waals surface area contributed by atoms with Crippen molar-refractivity contribution < 1.29 is 9.90 Å². The molecule has 1 aromatic heterocycles. The zero-order chi connectivity index (χ0) is 14.7. The number of aromatic nitrogens is 1. The molecule has 2 heterocycles. The van der Waals surface area contributed by atoms with Gasteiger partial charge in [-0.15, -0.1) is 0 Å². The molecule has 2 rings (SSSR count). The monoisotopic (exact) mass is 298 g/mol. The molecule has 1 aliphatic heterocycles. The third-order valence-corrected chi connectivity index (χ3v) is 4.67. The molecule has 0 aromatic carbocycles. The van der Waals surface area contributed by atoms with Crippen LogP contribution in [0.2, 0.25) is 0 Å². The lowest BCUT2D eigenvalue weighted by Gasteiger charge is -2.29. The fourth-order valence-electron chi connectivity index (χ4n) is 2.39. The number of aliphatic hydroxyl groups excluding tert-OH is 1. The molecule has 7 heteroatoms. The van der Waals surface area contributed by atoms with Crippen molar-refractivity contribution in [3.05, 3.63) is 4.88 Å². The number of hydrogen-bond donors (Lipinski definition) is 2. The summed E-state index contributed by atoms with van der Waals surface area (Å²) in [4.78, 5) is 21.0. The van der Waals surface area contributed by atoms with Gasteiger partial charge in [-0.1, -0.05) is 11.3 Å². The van der Waals surface area contributed by atoms with Gasteiger partial charge in [0.25, 0.3) is 5.91 Å². The maximum atomic E-state index is 12.5. The number of carbonyl (C=O) groups is 1. The zero-order valence-electron chi connectivity index (χ0n) is 12.0. The third-order valence-electron chi connectivity index (χ3n) is 3.55. The number of carbonyl (C=O) groups excluding carboxylic acids is 1. The number of rotatable bonds is 4. The third kappa shape index (κ3) is 3.04. The fourth-order valence-corrected chi connectivity index (χ4v) is 3.47. The smallest absolute Gasteiger partial charge is 0.267 e. The lowest BCUT2D eigenvalue weighted by atomic mass is 10.1.